The number of hydrogen-bond donors (Lipinski definition) is 0. The zero-order chi connectivity index (χ0) is 21.8. The monoisotopic (exact) mass is 417 g/mol. The number of ether oxygens (including phenoxy) is 1. The minimum atomic E-state index is -1.47. The predicted molar refractivity (Wildman–Crippen MR) is 115 cm³/mol. The summed E-state index contributed by atoms with van der Waals surface area (Å²) in [7, 11) is 0. The van der Waals surface area contributed by atoms with Crippen molar-refractivity contribution in [1.29, 1.82) is 0 Å². The quantitative estimate of drug-likeness (QED) is 0.279. The molecule has 31 heavy (non-hydrogen) atoms. The van der Waals surface area contributed by atoms with Crippen molar-refractivity contribution < 1.29 is 17.9 Å². The van der Waals surface area contributed by atoms with Crippen molar-refractivity contribution in [2.45, 2.75) is 13.3 Å². The first-order valence-electron chi connectivity index (χ1n) is 9.83. The Morgan fingerprint density at radius 2 is 1.58 bits per heavy atom. The highest BCUT2D eigenvalue weighted by atomic mass is 19.2. The SMILES string of the molecule is CCCOc1ccc(-c2ccc(C#Cc3ccc4c(F)c(F)c(F)cc4c3)cc2)nc1. The fraction of sp³-hybridized carbons (Fsp3) is 0.115. The predicted octanol–water partition coefficient (Wildman–Crippen LogP) is 6.51. The van der Waals surface area contributed by atoms with E-state index in [1.54, 1.807) is 12.3 Å². The van der Waals surface area contributed by atoms with Gasteiger partial charge in [-0.25, -0.2) is 13.2 Å². The first-order valence-corrected chi connectivity index (χ1v) is 9.83. The van der Waals surface area contributed by atoms with Crippen LogP contribution in [0.25, 0.3) is 22.0 Å². The van der Waals surface area contributed by atoms with Crippen LogP contribution in [-0.4, -0.2) is 11.6 Å². The summed E-state index contributed by atoms with van der Waals surface area (Å²) in [5.74, 6) is 2.86. The van der Waals surface area contributed by atoms with Gasteiger partial charge in [0.05, 0.1) is 18.5 Å². The number of fused-ring (bicyclic) bond motifs is 1. The van der Waals surface area contributed by atoms with Crippen molar-refractivity contribution in [2.24, 2.45) is 0 Å². The summed E-state index contributed by atoms with van der Waals surface area (Å²) in [6.45, 7) is 2.71. The minimum Gasteiger partial charge on any atom is -0.492 e. The Morgan fingerprint density at radius 3 is 2.29 bits per heavy atom. The van der Waals surface area contributed by atoms with Gasteiger partial charge in [-0.3, -0.25) is 4.98 Å². The molecule has 2 nitrogen and oxygen atoms in total. The van der Waals surface area contributed by atoms with Crippen molar-refractivity contribution in [2.75, 3.05) is 6.61 Å². The highest BCUT2D eigenvalue weighted by Gasteiger charge is 2.13. The van der Waals surface area contributed by atoms with E-state index >= 15 is 0 Å². The van der Waals surface area contributed by atoms with E-state index in [2.05, 4.69) is 16.8 Å². The van der Waals surface area contributed by atoms with Crippen molar-refractivity contribution in [3.63, 3.8) is 0 Å². The van der Waals surface area contributed by atoms with E-state index in [1.807, 2.05) is 43.3 Å². The Balaban J connectivity index is 1.53. The molecule has 4 rings (SSSR count). The van der Waals surface area contributed by atoms with Gasteiger partial charge in [0.2, 0.25) is 0 Å². The summed E-state index contributed by atoms with van der Waals surface area (Å²) < 4.78 is 46.2. The van der Waals surface area contributed by atoms with Gasteiger partial charge in [0, 0.05) is 22.1 Å². The van der Waals surface area contributed by atoms with Crippen molar-refractivity contribution >= 4 is 10.8 Å². The minimum absolute atomic E-state index is 0.0208. The Kier molecular flexibility index (Phi) is 5.90. The first-order chi connectivity index (χ1) is 15.0. The second-order valence-electron chi connectivity index (χ2n) is 6.98. The third kappa shape index (κ3) is 4.54. The second-order valence-corrected chi connectivity index (χ2v) is 6.98. The molecule has 1 heterocycles. The first kappa shape index (κ1) is 20.5. The number of pyridine rings is 1. The van der Waals surface area contributed by atoms with Gasteiger partial charge in [-0.05, 0) is 54.3 Å². The molecule has 1 aromatic heterocycles. The molecule has 0 N–H and O–H groups in total. The number of halogens is 3. The van der Waals surface area contributed by atoms with E-state index in [0.717, 1.165) is 35.1 Å². The molecule has 4 aromatic rings. The van der Waals surface area contributed by atoms with E-state index in [4.69, 9.17) is 4.74 Å². The van der Waals surface area contributed by atoms with Crippen molar-refractivity contribution in [3.8, 4) is 28.8 Å². The molecule has 0 saturated carbocycles. The van der Waals surface area contributed by atoms with Gasteiger partial charge in [0.1, 0.15) is 5.75 Å². The lowest BCUT2D eigenvalue weighted by Gasteiger charge is -2.05. The Bertz CT molecular complexity index is 1290. The van der Waals surface area contributed by atoms with Gasteiger partial charge in [0.25, 0.3) is 0 Å². The summed E-state index contributed by atoms with van der Waals surface area (Å²) in [5.41, 5.74) is 3.13. The van der Waals surface area contributed by atoms with Crippen LogP contribution in [0.3, 0.4) is 0 Å². The smallest absolute Gasteiger partial charge is 0.195 e. The average molecular weight is 417 g/mol. The van der Waals surface area contributed by atoms with Crippen LogP contribution < -0.4 is 4.74 Å². The number of hydrogen-bond acceptors (Lipinski definition) is 2. The third-order valence-corrected chi connectivity index (χ3v) is 4.71. The molecular formula is C26H18F3NO. The molecule has 0 atom stereocenters. The lowest BCUT2D eigenvalue weighted by Crippen LogP contribution is -1.95. The van der Waals surface area contributed by atoms with Crippen LogP contribution in [0.2, 0.25) is 0 Å². The molecule has 0 bridgehead atoms. The van der Waals surface area contributed by atoms with Crippen LogP contribution in [0.1, 0.15) is 24.5 Å². The second kappa shape index (κ2) is 8.93. The molecule has 0 spiro atoms. The van der Waals surface area contributed by atoms with Gasteiger partial charge in [-0.1, -0.05) is 37.0 Å². The van der Waals surface area contributed by atoms with Gasteiger partial charge in [0.15, 0.2) is 17.5 Å². The van der Waals surface area contributed by atoms with Gasteiger partial charge in [-0.2, -0.15) is 0 Å². The number of rotatable bonds is 4. The van der Waals surface area contributed by atoms with Crippen LogP contribution in [0.5, 0.6) is 5.75 Å². The topological polar surface area (TPSA) is 22.1 Å². The van der Waals surface area contributed by atoms with E-state index in [-0.39, 0.29) is 10.8 Å². The fourth-order valence-corrected chi connectivity index (χ4v) is 3.11. The van der Waals surface area contributed by atoms with Crippen LogP contribution in [0, 0.1) is 29.3 Å². The maximum absolute atomic E-state index is 13.8. The highest BCUT2D eigenvalue weighted by molar-refractivity contribution is 5.84. The molecule has 0 fully saturated rings. The largest absolute Gasteiger partial charge is 0.492 e. The van der Waals surface area contributed by atoms with Gasteiger partial charge >= 0.3 is 0 Å². The Hall–Kier alpha value is -3.78. The standard InChI is InChI=1S/C26H18F3NO/c1-2-13-31-21-10-12-24(30-16-21)19-8-5-17(6-9-19)3-4-18-7-11-22-20(14-18)15-23(27)26(29)25(22)28/h5-12,14-16H,2,13H2,1H3. The molecule has 0 aliphatic rings. The molecule has 154 valence electrons. The maximum Gasteiger partial charge on any atom is 0.195 e. The number of nitrogens with zero attached hydrogens (tertiary/aromatic N) is 1. The van der Waals surface area contributed by atoms with Crippen LogP contribution in [0.4, 0.5) is 13.2 Å². The van der Waals surface area contributed by atoms with E-state index in [1.165, 1.54) is 12.1 Å². The molecular weight excluding hydrogens is 399 g/mol. The Morgan fingerprint density at radius 1 is 0.839 bits per heavy atom. The molecule has 0 aliphatic heterocycles. The van der Waals surface area contributed by atoms with E-state index in [9.17, 15) is 13.2 Å². The third-order valence-electron chi connectivity index (χ3n) is 4.71. The Labute approximate surface area is 178 Å². The molecule has 0 aliphatic carbocycles. The van der Waals surface area contributed by atoms with E-state index in [0.29, 0.717) is 12.2 Å². The lowest BCUT2D eigenvalue weighted by atomic mass is 10.1. The molecule has 0 saturated heterocycles. The lowest BCUT2D eigenvalue weighted by molar-refractivity contribution is 0.316. The molecule has 0 radical (unpaired) electrons. The summed E-state index contributed by atoms with van der Waals surface area (Å²) >= 11 is 0. The zero-order valence-electron chi connectivity index (χ0n) is 16.8. The fourth-order valence-electron chi connectivity index (χ4n) is 3.11. The summed E-state index contributed by atoms with van der Waals surface area (Å²) in [6.07, 6.45) is 2.64. The summed E-state index contributed by atoms with van der Waals surface area (Å²) in [4.78, 5) is 4.43. The highest BCUT2D eigenvalue weighted by Crippen LogP contribution is 2.24. The van der Waals surface area contributed by atoms with Crippen LogP contribution in [-0.2, 0) is 0 Å². The molecule has 0 amide bonds. The number of benzene rings is 3. The van der Waals surface area contributed by atoms with Crippen molar-refractivity contribution in [1.82, 2.24) is 4.98 Å². The van der Waals surface area contributed by atoms with Crippen LogP contribution in [0.15, 0.2) is 66.9 Å². The van der Waals surface area contributed by atoms with Crippen molar-refractivity contribution in [3.05, 3.63) is 95.4 Å². The van der Waals surface area contributed by atoms with E-state index < -0.39 is 17.5 Å². The average Bonchev–Trinajstić information content (AvgIpc) is 2.80. The maximum atomic E-state index is 13.8. The number of aromatic nitrogens is 1. The molecule has 3 aromatic carbocycles. The van der Waals surface area contributed by atoms with Gasteiger partial charge in [-0.15, -0.1) is 0 Å². The summed E-state index contributed by atoms with van der Waals surface area (Å²) in [5, 5.41) is 0.281. The summed E-state index contributed by atoms with van der Waals surface area (Å²) in [6, 6.07) is 16.9. The van der Waals surface area contributed by atoms with Crippen LogP contribution >= 0.6 is 0 Å². The zero-order valence-corrected chi connectivity index (χ0v) is 16.8. The molecule has 0 unspecified atom stereocenters. The van der Waals surface area contributed by atoms with Gasteiger partial charge < -0.3 is 4.74 Å². The normalized spacial score (nSPS) is 10.6. The molecule has 5 heteroatoms.